The van der Waals surface area contributed by atoms with Crippen molar-refractivity contribution in [2.75, 3.05) is 36.0 Å². The van der Waals surface area contributed by atoms with Crippen molar-refractivity contribution in [3.05, 3.63) is 66.1 Å². The van der Waals surface area contributed by atoms with Gasteiger partial charge in [0.15, 0.2) is 5.65 Å². The summed E-state index contributed by atoms with van der Waals surface area (Å²) in [7, 11) is 0. The largest absolute Gasteiger partial charge is 0.372 e. The lowest BCUT2D eigenvalue weighted by Crippen LogP contribution is -2.42. The van der Waals surface area contributed by atoms with E-state index in [0.717, 1.165) is 55.9 Å². The lowest BCUT2D eigenvalue weighted by molar-refractivity contribution is 0.507. The highest BCUT2D eigenvalue weighted by Crippen LogP contribution is 2.34. The van der Waals surface area contributed by atoms with Crippen LogP contribution in [0, 0.1) is 17.1 Å². The summed E-state index contributed by atoms with van der Waals surface area (Å²) < 4.78 is 16.7. The summed E-state index contributed by atoms with van der Waals surface area (Å²) >= 11 is 0. The summed E-state index contributed by atoms with van der Waals surface area (Å²) in [6, 6.07) is 17.1. The Morgan fingerprint density at radius 3 is 2.41 bits per heavy atom. The lowest BCUT2D eigenvalue weighted by Gasteiger charge is -2.32. The Kier molecular flexibility index (Phi) is 6.23. The SMILES string of the molecule is N#Cc1ccc(-c2nc3c(N4CCCC(N)C4)ccnc3n2-c2ccc(N3CCCCC3)cc2)cc1F. The van der Waals surface area contributed by atoms with Crippen LogP contribution in [-0.2, 0) is 0 Å². The van der Waals surface area contributed by atoms with Gasteiger partial charge in [-0.1, -0.05) is 0 Å². The van der Waals surface area contributed by atoms with Gasteiger partial charge in [0, 0.05) is 55.4 Å². The van der Waals surface area contributed by atoms with Gasteiger partial charge in [0.2, 0.25) is 0 Å². The number of hydrogen-bond donors (Lipinski definition) is 1. The third-order valence-corrected chi connectivity index (χ3v) is 7.50. The lowest BCUT2D eigenvalue weighted by atomic mass is 10.1. The number of imidazole rings is 1. The average molecular weight is 496 g/mol. The maximum Gasteiger partial charge on any atom is 0.167 e. The van der Waals surface area contributed by atoms with E-state index in [1.165, 1.54) is 37.1 Å². The zero-order chi connectivity index (χ0) is 25.4. The molecule has 2 aromatic heterocycles. The molecular formula is C29H30FN7. The Labute approximate surface area is 216 Å². The first-order valence-electron chi connectivity index (χ1n) is 13.1. The van der Waals surface area contributed by atoms with Gasteiger partial charge >= 0.3 is 0 Å². The normalized spacial score (nSPS) is 18.2. The number of aromatic nitrogens is 3. The third-order valence-electron chi connectivity index (χ3n) is 7.50. The van der Waals surface area contributed by atoms with Crippen LogP contribution in [0.4, 0.5) is 15.8 Å². The minimum atomic E-state index is -0.561. The summed E-state index contributed by atoms with van der Waals surface area (Å²) in [5.41, 5.74) is 11.5. The molecule has 0 radical (unpaired) electrons. The molecule has 2 saturated heterocycles. The van der Waals surface area contributed by atoms with Crippen molar-refractivity contribution in [3.63, 3.8) is 0 Å². The second kappa shape index (κ2) is 9.83. The van der Waals surface area contributed by atoms with Crippen molar-refractivity contribution in [2.45, 2.75) is 38.1 Å². The van der Waals surface area contributed by atoms with Crippen molar-refractivity contribution in [3.8, 4) is 23.1 Å². The number of hydrogen-bond acceptors (Lipinski definition) is 6. The number of rotatable bonds is 4. The Hall–Kier alpha value is -3.96. The highest BCUT2D eigenvalue weighted by molar-refractivity contribution is 5.90. The number of benzene rings is 2. The topological polar surface area (TPSA) is 87.0 Å². The van der Waals surface area contributed by atoms with Crippen molar-refractivity contribution in [2.24, 2.45) is 5.73 Å². The maximum atomic E-state index is 14.7. The van der Waals surface area contributed by atoms with Gasteiger partial charge in [0.1, 0.15) is 23.2 Å². The number of fused-ring (bicyclic) bond motifs is 1. The summed E-state index contributed by atoms with van der Waals surface area (Å²) in [6.45, 7) is 3.82. The molecule has 2 aliphatic heterocycles. The fraction of sp³-hybridized carbons (Fsp3) is 0.345. The first kappa shape index (κ1) is 23.4. The maximum absolute atomic E-state index is 14.7. The fourth-order valence-electron chi connectivity index (χ4n) is 5.59. The number of anilines is 2. The number of pyridine rings is 1. The summed E-state index contributed by atoms with van der Waals surface area (Å²) in [5.74, 6) is 0.0274. The van der Waals surface area contributed by atoms with Crippen molar-refractivity contribution in [1.82, 2.24) is 14.5 Å². The molecule has 0 saturated carbocycles. The first-order valence-corrected chi connectivity index (χ1v) is 13.1. The molecule has 37 heavy (non-hydrogen) atoms. The molecule has 8 heteroatoms. The van der Waals surface area contributed by atoms with Crippen LogP contribution in [0.2, 0.25) is 0 Å². The molecule has 4 aromatic rings. The van der Waals surface area contributed by atoms with Crippen LogP contribution in [0.3, 0.4) is 0 Å². The zero-order valence-corrected chi connectivity index (χ0v) is 20.8. The van der Waals surface area contributed by atoms with Gasteiger partial charge in [-0.2, -0.15) is 5.26 Å². The quantitative estimate of drug-likeness (QED) is 0.428. The molecule has 188 valence electrons. The Morgan fingerprint density at radius 2 is 1.68 bits per heavy atom. The molecular weight excluding hydrogens is 465 g/mol. The molecule has 0 amide bonds. The van der Waals surface area contributed by atoms with Crippen LogP contribution in [0.5, 0.6) is 0 Å². The predicted octanol–water partition coefficient (Wildman–Crippen LogP) is 5.02. The minimum absolute atomic E-state index is 0.0124. The summed E-state index contributed by atoms with van der Waals surface area (Å²) in [6.07, 6.45) is 7.57. The molecule has 0 spiro atoms. The van der Waals surface area contributed by atoms with Crippen LogP contribution >= 0.6 is 0 Å². The molecule has 6 rings (SSSR count). The van der Waals surface area contributed by atoms with Crippen LogP contribution < -0.4 is 15.5 Å². The van der Waals surface area contributed by atoms with E-state index in [0.29, 0.717) is 17.0 Å². The smallest absolute Gasteiger partial charge is 0.167 e. The standard InChI is InChI=1S/C29H30FN7/c30-25-17-20(6-7-21(25)18-31)28-34-27-26(36-16-4-5-22(32)19-36)12-13-33-29(27)37(28)24-10-8-23(9-11-24)35-14-2-1-3-15-35/h6-13,17,22H,1-5,14-16,19,32H2. The number of halogens is 1. The van der Waals surface area contributed by atoms with E-state index in [4.69, 9.17) is 15.7 Å². The third kappa shape index (κ3) is 4.40. The second-order valence-electron chi connectivity index (χ2n) is 9.99. The van der Waals surface area contributed by atoms with Gasteiger partial charge < -0.3 is 15.5 Å². The minimum Gasteiger partial charge on any atom is -0.372 e. The first-order chi connectivity index (χ1) is 18.1. The molecule has 1 atom stereocenters. The van der Waals surface area contributed by atoms with Gasteiger partial charge in [0.25, 0.3) is 0 Å². The highest BCUT2D eigenvalue weighted by Gasteiger charge is 2.24. The fourth-order valence-corrected chi connectivity index (χ4v) is 5.59. The number of piperidine rings is 2. The van der Waals surface area contributed by atoms with Gasteiger partial charge in [-0.25, -0.2) is 14.4 Å². The van der Waals surface area contributed by atoms with E-state index >= 15 is 0 Å². The molecule has 4 heterocycles. The number of nitriles is 1. The molecule has 2 N–H and O–H groups in total. The van der Waals surface area contributed by atoms with E-state index in [2.05, 4.69) is 34.1 Å². The van der Waals surface area contributed by atoms with Gasteiger partial charge in [0.05, 0.1) is 11.3 Å². The van der Waals surface area contributed by atoms with Gasteiger partial charge in [-0.3, -0.25) is 4.57 Å². The van der Waals surface area contributed by atoms with E-state index in [1.807, 2.05) is 16.7 Å². The van der Waals surface area contributed by atoms with E-state index in [-0.39, 0.29) is 11.6 Å². The van der Waals surface area contributed by atoms with Gasteiger partial charge in [-0.05, 0) is 80.6 Å². The molecule has 7 nitrogen and oxygen atoms in total. The number of nitrogens with two attached hydrogens (primary N) is 1. The van der Waals surface area contributed by atoms with Crippen molar-refractivity contribution >= 4 is 22.5 Å². The van der Waals surface area contributed by atoms with Crippen molar-refractivity contribution in [1.29, 1.82) is 5.26 Å². The summed E-state index contributed by atoms with van der Waals surface area (Å²) in [5, 5.41) is 9.22. The Morgan fingerprint density at radius 1 is 0.919 bits per heavy atom. The molecule has 2 aromatic carbocycles. The Bertz CT molecular complexity index is 1460. The van der Waals surface area contributed by atoms with Crippen LogP contribution in [0.15, 0.2) is 54.7 Å². The zero-order valence-electron chi connectivity index (χ0n) is 20.8. The van der Waals surface area contributed by atoms with E-state index in [1.54, 1.807) is 12.3 Å². The molecule has 2 fully saturated rings. The predicted molar refractivity (Wildman–Crippen MR) is 144 cm³/mol. The van der Waals surface area contributed by atoms with Crippen molar-refractivity contribution < 1.29 is 4.39 Å². The molecule has 0 bridgehead atoms. The van der Waals surface area contributed by atoms with E-state index in [9.17, 15) is 9.65 Å². The highest BCUT2D eigenvalue weighted by atomic mass is 19.1. The Balaban J connectivity index is 1.50. The molecule has 0 aliphatic carbocycles. The number of nitrogens with zero attached hydrogens (tertiary/aromatic N) is 6. The van der Waals surface area contributed by atoms with Crippen LogP contribution in [0.25, 0.3) is 28.2 Å². The molecule has 2 aliphatic rings. The monoisotopic (exact) mass is 495 g/mol. The van der Waals surface area contributed by atoms with E-state index < -0.39 is 5.82 Å². The van der Waals surface area contributed by atoms with Crippen LogP contribution in [-0.4, -0.2) is 46.8 Å². The van der Waals surface area contributed by atoms with Crippen LogP contribution in [0.1, 0.15) is 37.7 Å². The average Bonchev–Trinajstić information content (AvgIpc) is 3.33. The van der Waals surface area contributed by atoms with Gasteiger partial charge in [-0.15, -0.1) is 0 Å². The molecule has 1 unspecified atom stereocenters. The second-order valence-corrected chi connectivity index (χ2v) is 9.99. The summed E-state index contributed by atoms with van der Waals surface area (Å²) in [4.78, 5) is 14.5.